The number of halogens is 1. The van der Waals surface area contributed by atoms with Crippen LogP contribution in [-0.4, -0.2) is 37.0 Å². The van der Waals surface area contributed by atoms with Gasteiger partial charge in [0.25, 0.3) is 0 Å². The van der Waals surface area contributed by atoms with Crippen molar-refractivity contribution in [1.29, 1.82) is 0 Å². The average Bonchev–Trinajstić information content (AvgIpc) is 2.80. The number of nitrogens with two attached hydrogens (primary N) is 1. The first-order valence-corrected chi connectivity index (χ1v) is 7.97. The molecule has 0 saturated carbocycles. The zero-order valence-electron chi connectivity index (χ0n) is 11.3. The van der Waals surface area contributed by atoms with Gasteiger partial charge in [0.2, 0.25) is 10.0 Å². The van der Waals surface area contributed by atoms with Crippen molar-refractivity contribution in [3.8, 4) is 0 Å². The molecule has 0 aliphatic carbocycles. The summed E-state index contributed by atoms with van der Waals surface area (Å²) in [5, 5.41) is 9.38. The van der Waals surface area contributed by atoms with E-state index in [1.807, 2.05) is 6.92 Å². The lowest BCUT2D eigenvalue weighted by atomic mass is 10.0. The summed E-state index contributed by atoms with van der Waals surface area (Å²) in [4.78, 5) is 0.0203. The van der Waals surface area contributed by atoms with Crippen molar-refractivity contribution in [2.75, 3.05) is 13.2 Å². The van der Waals surface area contributed by atoms with Crippen LogP contribution in [-0.2, 0) is 16.6 Å². The molecule has 0 radical (unpaired) electrons. The number of hydrogen-bond acceptors (Lipinski definition) is 4. The second kappa shape index (κ2) is 5.77. The van der Waals surface area contributed by atoms with Crippen LogP contribution in [0, 0.1) is 11.7 Å². The second-order valence-corrected chi connectivity index (χ2v) is 6.98. The topological polar surface area (TPSA) is 83.6 Å². The van der Waals surface area contributed by atoms with E-state index in [1.54, 1.807) is 0 Å². The lowest BCUT2D eigenvalue weighted by molar-refractivity contribution is 0.191. The Balaban J connectivity index is 2.40. The van der Waals surface area contributed by atoms with Gasteiger partial charge in [-0.05, 0) is 30.5 Å². The van der Waals surface area contributed by atoms with Gasteiger partial charge in [0.05, 0.1) is 17.5 Å². The molecule has 1 aliphatic heterocycles. The summed E-state index contributed by atoms with van der Waals surface area (Å²) in [6, 6.07) is 3.19. The average molecular weight is 302 g/mol. The van der Waals surface area contributed by atoms with Crippen LogP contribution in [0.3, 0.4) is 0 Å². The molecule has 112 valence electrons. The minimum atomic E-state index is -3.73. The third kappa shape index (κ3) is 2.58. The van der Waals surface area contributed by atoms with E-state index in [1.165, 1.54) is 16.4 Å². The number of rotatable bonds is 4. The predicted octanol–water partition coefficient (Wildman–Crippen LogP) is 0.676. The van der Waals surface area contributed by atoms with Gasteiger partial charge in [-0.15, -0.1) is 0 Å². The van der Waals surface area contributed by atoms with E-state index in [9.17, 15) is 17.9 Å². The standard InChI is InChI=1S/C13H19FN2O3S/c1-9-4-5-16(13(9)8-17)20(18,19)11-2-3-12(14)10(6-11)7-15/h2-3,6,9,13,17H,4-5,7-8,15H2,1H3. The van der Waals surface area contributed by atoms with Crippen LogP contribution in [0.4, 0.5) is 4.39 Å². The van der Waals surface area contributed by atoms with Gasteiger partial charge in [0, 0.05) is 18.7 Å². The summed E-state index contributed by atoms with van der Waals surface area (Å²) in [7, 11) is -3.73. The van der Waals surface area contributed by atoms with E-state index in [0.29, 0.717) is 13.0 Å². The molecule has 1 aliphatic rings. The Morgan fingerprint density at radius 2 is 2.20 bits per heavy atom. The van der Waals surface area contributed by atoms with Crippen molar-refractivity contribution >= 4 is 10.0 Å². The van der Waals surface area contributed by atoms with Gasteiger partial charge >= 0.3 is 0 Å². The van der Waals surface area contributed by atoms with Crippen LogP contribution < -0.4 is 5.73 Å². The SMILES string of the molecule is CC1CCN(S(=O)(=O)c2ccc(F)c(CN)c2)C1CO. The smallest absolute Gasteiger partial charge is 0.243 e. The van der Waals surface area contributed by atoms with Crippen LogP contribution in [0.15, 0.2) is 23.1 Å². The molecule has 1 saturated heterocycles. The zero-order valence-corrected chi connectivity index (χ0v) is 12.1. The van der Waals surface area contributed by atoms with Crippen molar-refractivity contribution in [1.82, 2.24) is 4.31 Å². The third-order valence-electron chi connectivity index (χ3n) is 3.86. The molecule has 1 fully saturated rings. The van der Waals surface area contributed by atoms with Gasteiger partial charge in [-0.25, -0.2) is 12.8 Å². The highest BCUT2D eigenvalue weighted by Gasteiger charge is 2.39. The van der Waals surface area contributed by atoms with Gasteiger partial charge in [0.1, 0.15) is 5.82 Å². The Morgan fingerprint density at radius 3 is 2.80 bits per heavy atom. The van der Waals surface area contributed by atoms with Crippen molar-refractivity contribution in [3.05, 3.63) is 29.6 Å². The molecule has 0 amide bonds. The fourth-order valence-electron chi connectivity index (χ4n) is 2.55. The normalized spacial score (nSPS) is 24.2. The van der Waals surface area contributed by atoms with Crippen molar-refractivity contribution in [3.63, 3.8) is 0 Å². The predicted molar refractivity (Wildman–Crippen MR) is 72.8 cm³/mol. The van der Waals surface area contributed by atoms with Crippen LogP contribution in [0.1, 0.15) is 18.9 Å². The molecule has 5 nitrogen and oxygen atoms in total. The molecule has 2 rings (SSSR count). The van der Waals surface area contributed by atoms with Gasteiger partial charge in [-0.2, -0.15) is 4.31 Å². The Morgan fingerprint density at radius 1 is 1.50 bits per heavy atom. The summed E-state index contributed by atoms with van der Waals surface area (Å²) in [5.74, 6) is -0.413. The number of aliphatic hydroxyl groups excluding tert-OH is 1. The molecule has 1 aromatic rings. The quantitative estimate of drug-likeness (QED) is 0.856. The van der Waals surface area contributed by atoms with E-state index < -0.39 is 21.9 Å². The Bertz CT molecular complexity index is 591. The molecular formula is C13H19FN2O3S. The lowest BCUT2D eigenvalue weighted by Crippen LogP contribution is -2.39. The number of aliphatic hydroxyl groups is 1. The molecule has 1 aromatic carbocycles. The minimum Gasteiger partial charge on any atom is -0.395 e. The molecule has 0 aromatic heterocycles. The second-order valence-electron chi connectivity index (χ2n) is 5.09. The Hall–Kier alpha value is -1.02. The number of sulfonamides is 1. The van der Waals surface area contributed by atoms with E-state index in [0.717, 1.165) is 6.07 Å². The fourth-order valence-corrected chi connectivity index (χ4v) is 4.32. The Kier molecular flexibility index (Phi) is 4.43. The number of nitrogens with zero attached hydrogens (tertiary/aromatic N) is 1. The van der Waals surface area contributed by atoms with E-state index in [2.05, 4.69) is 0 Å². The maximum Gasteiger partial charge on any atom is 0.243 e. The van der Waals surface area contributed by atoms with Gasteiger partial charge < -0.3 is 10.8 Å². The molecule has 7 heteroatoms. The van der Waals surface area contributed by atoms with E-state index in [-0.39, 0.29) is 29.5 Å². The molecule has 0 bridgehead atoms. The summed E-state index contributed by atoms with van der Waals surface area (Å²) < 4.78 is 39.9. The molecule has 3 N–H and O–H groups in total. The van der Waals surface area contributed by atoms with Crippen LogP contribution in [0.2, 0.25) is 0 Å². The van der Waals surface area contributed by atoms with Gasteiger partial charge in [-0.1, -0.05) is 6.92 Å². The van der Waals surface area contributed by atoms with E-state index >= 15 is 0 Å². The van der Waals surface area contributed by atoms with E-state index in [4.69, 9.17) is 5.73 Å². The van der Waals surface area contributed by atoms with Gasteiger partial charge in [-0.3, -0.25) is 0 Å². The summed E-state index contributed by atoms with van der Waals surface area (Å²) in [6.45, 7) is 2.00. The monoisotopic (exact) mass is 302 g/mol. The fraction of sp³-hybridized carbons (Fsp3) is 0.538. The first kappa shape index (κ1) is 15.4. The van der Waals surface area contributed by atoms with Crippen LogP contribution in [0.25, 0.3) is 0 Å². The third-order valence-corrected chi connectivity index (χ3v) is 5.78. The highest BCUT2D eigenvalue weighted by Crippen LogP contribution is 2.30. The lowest BCUT2D eigenvalue weighted by Gasteiger charge is -2.24. The first-order chi connectivity index (χ1) is 9.41. The number of hydrogen-bond donors (Lipinski definition) is 2. The highest BCUT2D eigenvalue weighted by molar-refractivity contribution is 7.89. The maximum atomic E-state index is 13.4. The molecule has 20 heavy (non-hydrogen) atoms. The molecular weight excluding hydrogens is 283 g/mol. The highest BCUT2D eigenvalue weighted by atomic mass is 32.2. The van der Waals surface area contributed by atoms with Crippen molar-refractivity contribution in [2.45, 2.75) is 30.8 Å². The summed E-state index contributed by atoms with van der Waals surface area (Å²) in [5.41, 5.74) is 5.57. The zero-order chi connectivity index (χ0) is 14.9. The maximum absolute atomic E-state index is 13.4. The first-order valence-electron chi connectivity index (χ1n) is 6.53. The molecule has 2 atom stereocenters. The molecule has 0 spiro atoms. The van der Waals surface area contributed by atoms with Crippen molar-refractivity contribution in [2.24, 2.45) is 11.7 Å². The summed E-state index contributed by atoms with van der Waals surface area (Å²) in [6.07, 6.45) is 0.704. The Labute approximate surface area is 118 Å². The van der Waals surface area contributed by atoms with Gasteiger partial charge in [0.15, 0.2) is 0 Å². The minimum absolute atomic E-state index is 0.0203. The van der Waals surface area contributed by atoms with Crippen LogP contribution >= 0.6 is 0 Å². The van der Waals surface area contributed by atoms with Crippen LogP contribution in [0.5, 0.6) is 0 Å². The summed E-state index contributed by atoms with van der Waals surface area (Å²) >= 11 is 0. The largest absolute Gasteiger partial charge is 0.395 e. The molecule has 2 unspecified atom stereocenters. The number of benzene rings is 1. The van der Waals surface area contributed by atoms with Crippen molar-refractivity contribution < 1.29 is 17.9 Å². The molecule has 1 heterocycles.